The summed E-state index contributed by atoms with van der Waals surface area (Å²) in [6.45, 7) is 9.87. The molecule has 1 heterocycles. The normalized spacial score (nSPS) is 26.6. The highest BCUT2D eigenvalue weighted by Crippen LogP contribution is 2.38. The summed E-state index contributed by atoms with van der Waals surface area (Å²) in [5, 5.41) is 0. The fourth-order valence-electron chi connectivity index (χ4n) is 1.86. The molecule has 0 aromatic heterocycles. The van der Waals surface area contributed by atoms with Gasteiger partial charge in [-0.1, -0.05) is 26.0 Å². The molecule has 0 saturated carbocycles. The summed E-state index contributed by atoms with van der Waals surface area (Å²) in [6, 6.07) is 0. The number of allylic oxidation sites excluding steroid dienone is 4. The zero-order valence-corrected chi connectivity index (χ0v) is 11.0. The first-order valence-electron chi connectivity index (χ1n) is 6.14. The lowest BCUT2D eigenvalue weighted by atomic mass is 9.76. The van der Waals surface area contributed by atoms with Gasteiger partial charge in [0.2, 0.25) is 0 Å². The predicted molar refractivity (Wildman–Crippen MR) is 66.1 cm³/mol. The second-order valence-electron chi connectivity index (χ2n) is 4.59. The van der Waals surface area contributed by atoms with Gasteiger partial charge in [-0.25, -0.2) is 0 Å². The van der Waals surface area contributed by atoms with E-state index in [0.717, 1.165) is 24.2 Å². The number of rotatable bonds is 0. The SMILES string of the molecule is CC.CC1OC2=C(C=CCC2)C(=O)C1(C)C. The molecule has 0 bridgehead atoms. The number of ketones is 1. The maximum Gasteiger partial charge on any atom is 0.175 e. The molecule has 1 atom stereocenters. The van der Waals surface area contributed by atoms with E-state index in [1.807, 2.05) is 46.8 Å². The lowest BCUT2D eigenvalue weighted by molar-refractivity contribution is -0.132. The molecule has 90 valence electrons. The standard InChI is InChI=1S/C12H16O2.C2H6/c1-8-12(2,3)11(13)9-6-4-5-7-10(9)14-8;1-2/h4,6,8H,5,7H2,1-3H3;1-2H3. The molecule has 0 N–H and O–H groups in total. The van der Waals surface area contributed by atoms with Gasteiger partial charge in [-0.3, -0.25) is 4.79 Å². The van der Waals surface area contributed by atoms with Crippen LogP contribution in [-0.4, -0.2) is 11.9 Å². The van der Waals surface area contributed by atoms with Gasteiger partial charge in [0.05, 0.1) is 11.0 Å². The van der Waals surface area contributed by atoms with Crippen LogP contribution in [-0.2, 0) is 9.53 Å². The van der Waals surface area contributed by atoms with E-state index in [1.165, 1.54) is 0 Å². The monoisotopic (exact) mass is 222 g/mol. The Hall–Kier alpha value is -1.05. The Balaban J connectivity index is 0.000000606. The molecular weight excluding hydrogens is 200 g/mol. The molecule has 2 nitrogen and oxygen atoms in total. The van der Waals surface area contributed by atoms with Crippen LogP contribution in [0.5, 0.6) is 0 Å². The Kier molecular flexibility index (Phi) is 3.95. The van der Waals surface area contributed by atoms with E-state index < -0.39 is 0 Å². The Bertz CT molecular complexity index is 335. The average molecular weight is 222 g/mol. The van der Waals surface area contributed by atoms with E-state index >= 15 is 0 Å². The van der Waals surface area contributed by atoms with Crippen LogP contribution in [0.3, 0.4) is 0 Å². The molecular formula is C14H22O2. The highest BCUT2D eigenvalue weighted by Gasteiger charge is 2.42. The highest BCUT2D eigenvalue weighted by atomic mass is 16.5. The Morgan fingerprint density at radius 2 is 2.00 bits per heavy atom. The fraction of sp³-hybridized carbons (Fsp3) is 0.643. The molecule has 0 aromatic carbocycles. The van der Waals surface area contributed by atoms with E-state index in [-0.39, 0.29) is 17.3 Å². The molecule has 1 unspecified atom stereocenters. The summed E-state index contributed by atoms with van der Waals surface area (Å²) in [7, 11) is 0. The number of carbonyl (C=O) groups excluding carboxylic acids is 1. The molecule has 2 aliphatic rings. The number of ether oxygens (including phenoxy) is 1. The topological polar surface area (TPSA) is 26.3 Å². The van der Waals surface area contributed by atoms with Gasteiger partial charge >= 0.3 is 0 Å². The van der Waals surface area contributed by atoms with E-state index in [2.05, 4.69) is 0 Å². The average Bonchev–Trinajstić information content (AvgIpc) is 2.30. The predicted octanol–water partition coefficient (Wildman–Crippen LogP) is 3.63. The molecule has 1 aliphatic carbocycles. The first-order chi connectivity index (χ1) is 7.53. The third-order valence-electron chi connectivity index (χ3n) is 3.29. The summed E-state index contributed by atoms with van der Waals surface area (Å²) >= 11 is 0. The number of hydrogen-bond acceptors (Lipinski definition) is 2. The van der Waals surface area contributed by atoms with E-state index in [9.17, 15) is 4.79 Å². The fourth-order valence-corrected chi connectivity index (χ4v) is 1.86. The van der Waals surface area contributed by atoms with Crippen LogP contribution in [0.4, 0.5) is 0 Å². The van der Waals surface area contributed by atoms with Crippen molar-refractivity contribution in [1.29, 1.82) is 0 Å². The maximum atomic E-state index is 12.1. The number of hydrogen-bond donors (Lipinski definition) is 0. The molecule has 2 heteroatoms. The second kappa shape index (κ2) is 4.86. The van der Waals surface area contributed by atoms with Crippen molar-refractivity contribution < 1.29 is 9.53 Å². The quantitative estimate of drug-likeness (QED) is 0.625. The van der Waals surface area contributed by atoms with Crippen LogP contribution >= 0.6 is 0 Å². The Morgan fingerprint density at radius 1 is 1.38 bits per heavy atom. The van der Waals surface area contributed by atoms with Gasteiger partial charge in [0.1, 0.15) is 11.9 Å². The van der Waals surface area contributed by atoms with Crippen molar-refractivity contribution in [1.82, 2.24) is 0 Å². The Morgan fingerprint density at radius 3 is 2.62 bits per heavy atom. The highest BCUT2D eigenvalue weighted by molar-refractivity contribution is 6.03. The zero-order valence-electron chi connectivity index (χ0n) is 11.0. The molecule has 0 radical (unpaired) electrons. The zero-order chi connectivity index (χ0) is 12.3. The third-order valence-corrected chi connectivity index (χ3v) is 3.29. The third kappa shape index (κ3) is 2.06. The first kappa shape index (κ1) is 13.0. The van der Waals surface area contributed by atoms with E-state index in [0.29, 0.717) is 0 Å². The number of Topliss-reactive ketones (excluding diaryl/α,β-unsaturated/α-hetero) is 1. The molecule has 0 amide bonds. The lowest BCUT2D eigenvalue weighted by Crippen LogP contribution is -2.42. The Labute approximate surface area is 98.4 Å². The minimum atomic E-state index is -0.388. The molecule has 2 rings (SSSR count). The van der Waals surface area contributed by atoms with Crippen LogP contribution in [0.25, 0.3) is 0 Å². The van der Waals surface area contributed by atoms with Crippen molar-refractivity contribution in [3.63, 3.8) is 0 Å². The summed E-state index contributed by atoms with van der Waals surface area (Å²) < 4.78 is 5.78. The smallest absolute Gasteiger partial charge is 0.175 e. The summed E-state index contributed by atoms with van der Waals surface area (Å²) in [4.78, 5) is 12.1. The van der Waals surface area contributed by atoms with Crippen molar-refractivity contribution in [3.05, 3.63) is 23.5 Å². The van der Waals surface area contributed by atoms with Crippen molar-refractivity contribution in [3.8, 4) is 0 Å². The minimum Gasteiger partial charge on any atom is -0.493 e. The molecule has 0 spiro atoms. The molecule has 1 aliphatic heterocycles. The largest absolute Gasteiger partial charge is 0.493 e. The molecule has 0 saturated heterocycles. The van der Waals surface area contributed by atoms with Gasteiger partial charge in [-0.15, -0.1) is 0 Å². The minimum absolute atomic E-state index is 0.0137. The van der Waals surface area contributed by atoms with E-state index in [1.54, 1.807) is 0 Å². The maximum absolute atomic E-state index is 12.1. The van der Waals surface area contributed by atoms with Gasteiger partial charge in [0.25, 0.3) is 0 Å². The second-order valence-corrected chi connectivity index (χ2v) is 4.59. The molecule has 0 fully saturated rings. The van der Waals surface area contributed by atoms with Crippen LogP contribution in [0.1, 0.15) is 47.5 Å². The molecule has 16 heavy (non-hydrogen) atoms. The first-order valence-corrected chi connectivity index (χ1v) is 6.14. The molecule has 0 aromatic rings. The van der Waals surface area contributed by atoms with Crippen LogP contribution in [0.2, 0.25) is 0 Å². The van der Waals surface area contributed by atoms with E-state index in [4.69, 9.17) is 4.74 Å². The summed E-state index contributed by atoms with van der Waals surface area (Å²) in [6.07, 6.45) is 5.80. The van der Waals surface area contributed by atoms with Crippen molar-refractivity contribution >= 4 is 5.78 Å². The van der Waals surface area contributed by atoms with Crippen LogP contribution in [0.15, 0.2) is 23.5 Å². The number of carbonyl (C=O) groups is 1. The summed E-state index contributed by atoms with van der Waals surface area (Å²) in [5.41, 5.74) is 0.403. The van der Waals surface area contributed by atoms with Crippen molar-refractivity contribution in [2.75, 3.05) is 0 Å². The van der Waals surface area contributed by atoms with Crippen molar-refractivity contribution in [2.24, 2.45) is 5.41 Å². The van der Waals surface area contributed by atoms with Gasteiger partial charge < -0.3 is 4.74 Å². The van der Waals surface area contributed by atoms with Gasteiger partial charge in [0.15, 0.2) is 5.78 Å². The lowest BCUT2D eigenvalue weighted by Gasteiger charge is -2.37. The van der Waals surface area contributed by atoms with Crippen LogP contribution in [0, 0.1) is 5.41 Å². The van der Waals surface area contributed by atoms with Gasteiger partial charge in [0, 0.05) is 6.42 Å². The van der Waals surface area contributed by atoms with Crippen molar-refractivity contribution in [2.45, 2.75) is 53.6 Å². The van der Waals surface area contributed by atoms with Gasteiger partial charge in [-0.05, 0) is 27.2 Å². The van der Waals surface area contributed by atoms with Gasteiger partial charge in [-0.2, -0.15) is 0 Å². The summed E-state index contributed by atoms with van der Waals surface area (Å²) in [5.74, 6) is 1.12. The van der Waals surface area contributed by atoms with Crippen LogP contribution < -0.4 is 0 Å².